The molecule has 1 aliphatic rings. The molecule has 122 valence electrons. The van der Waals surface area contributed by atoms with Gasteiger partial charge in [0.15, 0.2) is 0 Å². The Morgan fingerprint density at radius 2 is 1.82 bits per heavy atom. The van der Waals surface area contributed by atoms with Gasteiger partial charge < -0.3 is 20.1 Å². The van der Waals surface area contributed by atoms with Crippen LogP contribution in [0.4, 0.5) is 0 Å². The number of methoxy groups -OCH3 is 1. The molecule has 1 fully saturated rings. The number of carbonyl (C=O) groups excluding carboxylic acids is 1. The molecule has 0 saturated heterocycles. The minimum atomic E-state index is 0.0314. The lowest BCUT2D eigenvalue weighted by molar-refractivity contribution is -0.120. The van der Waals surface area contributed by atoms with Crippen molar-refractivity contribution >= 4 is 5.91 Å². The average molecular weight is 306 g/mol. The molecule has 1 aliphatic carbocycles. The molecule has 2 N–H and O–H groups in total. The summed E-state index contributed by atoms with van der Waals surface area (Å²) >= 11 is 0. The Balaban J connectivity index is 1.54. The van der Waals surface area contributed by atoms with E-state index in [2.05, 4.69) is 10.6 Å². The Morgan fingerprint density at radius 3 is 2.50 bits per heavy atom. The van der Waals surface area contributed by atoms with E-state index in [1.807, 2.05) is 24.3 Å². The monoisotopic (exact) mass is 306 g/mol. The first kappa shape index (κ1) is 16.6. The summed E-state index contributed by atoms with van der Waals surface area (Å²) in [6, 6.07) is 7.91. The van der Waals surface area contributed by atoms with Gasteiger partial charge in [0, 0.05) is 6.04 Å². The highest BCUT2D eigenvalue weighted by atomic mass is 16.5. The van der Waals surface area contributed by atoms with Crippen LogP contribution < -0.4 is 20.1 Å². The van der Waals surface area contributed by atoms with E-state index in [-0.39, 0.29) is 5.91 Å². The van der Waals surface area contributed by atoms with Crippen LogP contribution in [-0.4, -0.2) is 38.8 Å². The molecule has 0 atom stereocenters. The first-order valence-electron chi connectivity index (χ1n) is 8.05. The minimum absolute atomic E-state index is 0.0314. The van der Waals surface area contributed by atoms with Crippen LogP contribution in [0.15, 0.2) is 24.3 Å². The van der Waals surface area contributed by atoms with Crippen LogP contribution >= 0.6 is 0 Å². The Morgan fingerprint density at radius 1 is 1.14 bits per heavy atom. The largest absolute Gasteiger partial charge is 0.497 e. The van der Waals surface area contributed by atoms with Crippen molar-refractivity contribution in [2.24, 2.45) is 0 Å². The molecule has 0 unspecified atom stereocenters. The van der Waals surface area contributed by atoms with E-state index in [0.29, 0.717) is 25.7 Å². The van der Waals surface area contributed by atoms with Gasteiger partial charge in [0.2, 0.25) is 5.91 Å². The van der Waals surface area contributed by atoms with Crippen molar-refractivity contribution in [3.63, 3.8) is 0 Å². The summed E-state index contributed by atoms with van der Waals surface area (Å²) in [7, 11) is 1.63. The number of hydrogen-bond donors (Lipinski definition) is 2. The molecule has 0 aliphatic heterocycles. The van der Waals surface area contributed by atoms with E-state index in [4.69, 9.17) is 9.47 Å². The third kappa shape index (κ3) is 5.93. The maximum atomic E-state index is 11.7. The maximum Gasteiger partial charge on any atom is 0.234 e. The number of rotatable bonds is 8. The van der Waals surface area contributed by atoms with Gasteiger partial charge in [-0.1, -0.05) is 19.3 Å². The van der Waals surface area contributed by atoms with E-state index in [1.165, 1.54) is 32.1 Å². The highest BCUT2D eigenvalue weighted by molar-refractivity contribution is 5.77. The van der Waals surface area contributed by atoms with Gasteiger partial charge in [0.25, 0.3) is 0 Å². The predicted molar refractivity (Wildman–Crippen MR) is 86.4 cm³/mol. The van der Waals surface area contributed by atoms with Gasteiger partial charge in [-0.05, 0) is 37.1 Å². The average Bonchev–Trinajstić information content (AvgIpc) is 2.58. The topological polar surface area (TPSA) is 59.6 Å². The molecule has 0 aromatic heterocycles. The quantitative estimate of drug-likeness (QED) is 0.722. The SMILES string of the molecule is COc1ccc(OCCNC(=O)CNC2CCCCC2)cc1. The van der Waals surface area contributed by atoms with E-state index in [9.17, 15) is 4.79 Å². The summed E-state index contributed by atoms with van der Waals surface area (Å²) in [5.74, 6) is 1.61. The second-order valence-electron chi connectivity index (χ2n) is 5.59. The maximum absolute atomic E-state index is 11.7. The van der Waals surface area contributed by atoms with Gasteiger partial charge in [-0.25, -0.2) is 0 Å². The second kappa shape index (κ2) is 9.30. The molecule has 0 radical (unpaired) electrons. The van der Waals surface area contributed by atoms with Gasteiger partial charge in [0.1, 0.15) is 18.1 Å². The number of nitrogens with one attached hydrogen (secondary N) is 2. The van der Waals surface area contributed by atoms with Crippen molar-refractivity contribution in [2.75, 3.05) is 26.8 Å². The summed E-state index contributed by atoms with van der Waals surface area (Å²) in [4.78, 5) is 11.7. The van der Waals surface area contributed by atoms with Crippen molar-refractivity contribution < 1.29 is 14.3 Å². The Labute approximate surface area is 132 Å². The van der Waals surface area contributed by atoms with E-state index < -0.39 is 0 Å². The highest BCUT2D eigenvalue weighted by Crippen LogP contribution is 2.17. The zero-order valence-corrected chi connectivity index (χ0v) is 13.3. The Kier molecular flexibility index (Phi) is 7.03. The summed E-state index contributed by atoms with van der Waals surface area (Å²) in [5, 5.41) is 6.19. The molecule has 1 saturated carbocycles. The van der Waals surface area contributed by atoms with Crippen molar-refractivity contribution in [3.05, 3.63) is 24.3 Å². The molecule has 1 amide bonds. The first-order chi connectivity index (χ1) is 10.8. The van der Waals surface area contributed by atoms with E-state index in [1.54, 1.807) is 7.11 Å². The van der Waals surface area contributed by atoms with Crippen LogP contribution in [0.2, 0.25) is 0 Å². The van der Waals surface area contributed by atoms with Crippen LogP contribution in [-0.2, 0) is 4.79 Å². The van der Waals surface area contributed by atoms with Crippen molar-refractivity contribution in [2.45, 2.75) is 38.1 Å². The smallest absolute Gasteiger partial charge is 0.234 e. The molecule has 0 bridgehead atoms. The standard InChI is InChI=1S/C17H26N2O3/c1-21-15-7-9-16(10-8-15)22-12-11-18-17(20)13-19-14-5-3-2-4-6-14/h7-10,14,19H,2-6,11-13H2,1H3,(H,18,20). The lowest BCUT2D eigenvalue weighted by Crippen LogP contribution is -2.41. The van der Waals surface area contributed by atoms with Gasteiger partial charge in [-0.15, -0.1) is 0 Å². The van der Waals surface area contributed by atoms with E-state index in [0.717, 1.165) is 11.5 Å². The first-order valence-corrected chi connectivity index (χ1v) is 8.05. The zero-order chi connectivity index (χ0) is 15.6. The van der Waals surface area contributed by atoms with Crippen molar-refractivity contribution in [1.29, 1.82) is 0 Å². The fraction of sp³-hybridized carbons (Fsp3) is 0.588. The molecule has 5 nitrogen and oxygen atoms in total. The lowest BCUT2D eigenvalue weighted by atomic mass is 9.95. The van der Waals surface area contributed by atoms with Gasteiger partial charge in [-0.2, -0.15) is 0 Å². The summed E-state index contributed by atoms with van der Waals surface area (Å²) in [5.41, 5.74) is 0. The number of ether oxygens (including phenoxy) is 2. The molecule has 5 heteroatoms. The van der Waals surface area contributed by atoms with Crippen LogP contribution in [0, 0.1) is 0 Å². The van der Waals surface area contributed by atoms with Crippen LogP contribution in [0.3, 0.4) is 0 Å². The van der Waals surface area contributed by atoms with E-state index >= 15 is 0 Å². The molecule has 22 heavy (non-hydrogen) atoms. The van der Waals surface area contributed by atoms with Crippen LogP contribution in [0.5, 0.6) is 11.5 Å². The van der Waals surface area contributed by atoms with Gasteiger partial charge in [-0.3, -0.25) is 4.79 Å². The molecule has 2 rings (SSSR count). The van der Waals surface area contributed by atoms with Crippen LogP contribution in [0.25, 0.3) is 0 Å². The van der Waals surface area contributed by atoms with Crippen molar-refractivity contribution in [1.82, 2.24) is 10.6 Å². The highest BCUT2D eigenvalue weighted by Gasteiger charge is 2.13. The number of amides is 1. The third-order valence-electron chi connectivity index (χ3n) is 3.91. The fourth-order valence-electron chi connectivity index (χ4n) is 2.64. The molecule has 1 aromatic carbocycles. The van der Waals surface area contributed by atoms with Gasteiger partial charge in [0.05, 0.1) is 20.2 Å². The predicted octanol–water partition coefficient (Wildman–Crippen LogP) is 2.11. The molecule has 1 aromatic rings. The lowest BCUT2D eigenvalue weighted by Gasteiger charge is -2.22. The molecule has 0 spiro atoms. The normalized spacial score (nSPS) is 15.3. The third-order valence-corrected chi connectivity index (χ3v) is 3.91. The molecular weight excluding hydrogens is 280 g/mol. The molecule has 0 heterocycles. The summed E-state index contributed by atoms with van der Waals surface area (Å²) in [6.45, 7) is 1.37. The second-order valence-corrected chi connectivity index (χ2v) is 5.59. The number of carbonyl (C=O) groups is 1. The molecular formula is C17H26N2O3. The minimum Gasteiger partial charge on any atom is -0.497 e. The zero-order valence-electron chi connectivity index (χ0n) is 13.3. The number of hydrogen-bond acceptors (Lipinski definition) is 4. The Hall–Kier alpha value is -1.75. The van der Waals surface area contributed by atoms with Crippen LogP contribution in [0.1, 0.15) is 32.1 Å². The fourth-order valence-corrected chi connectivity index (χ4v) is 2.64. The van der Waals surface area contributed by atoms with Gasteiger partial charge >= 0.3 is 0 Å². The summed E-state index contributed by atoms with van der Waals surface area (Å²) in [6.07, 6.45) is 6.25. The van der Waals surface area contributed by atoms with Crippen molar-refractivity contribution in [3.8, 4) is 11.5 Å². The summed E-state index contributed by atoms with van der Waals surface area (Å²) < 4.78 is 10.6. The Bertz CT molecular complexity index is 442. The number of benzene rings is 1.